The van der Waals surface area contributed by atoms with E-state index in [0.29, 0.717) is 30.6 Å². The van der Waals surface area contributed by atoms with Gasteiger partial charge in [-0.05, 0) is 31.9 Å². The van der Waals surface area contributed by atoms with Crippen LogP contribution >= 0.6 is 0 Å². The minimum Gasteiger partial charge on any atom is -0.343 e. The molecule has 110 valence electrons. The molecule has 0 saturated carbocycles. The average Bonchev–Trinajstić information content (AvgIpc) is 2.50. The molecular formula is C17H19NO3. The van der Waals surface area contributed by atoms with E-state index in [1.807, 2.05) is 26.0 Å². The zero-order valence-corrected chi connectivity index (χ0v) is 12.4. The van der Waals surface area contributed by atoms with Crippen LogP contribution in [0.25, 0.3) is 6.08 Å². The fraction of sp³-hybridized carbons (Fsp3) is 0.353. The van der Waals surface area contributed by atoms with Gasteiger partial charge in [-0.1, -0.05) is 24.3 Å². The molecule has 0 unspecified atom stereocenters. The van der Waals surface area contributed by atoms with Crippen molar-refractivity contribution in [3.63, 3.8) is 0 Å². The molecule has 0 N–H and O–H groups in total. The van der Waals surface area contributed by atoms with E-state index in [1.54, 1.807) is 23.1 Å². The van der Waals surface area contributed by atoms with Gasteiger partial charge in [-0.15, -0.1) is 0 Å². The highest BCUT2D eigenvalue weighted by Gasteiger charge is 2.27. The second-order valence-electron chi connectivity index (χ2n) is 4.98. The van der Waals surface area contributed by atoms with Gasteiger partial charge in [0.05, 0.1) is 0 Å². The Morgan fingerprint density at radius 1 is 1.05 bits per heavy atom. The van der Waals surface area contributed by atoms with Gasteiger partial charge in [0.1, 0.15) is 0 Å². The third-order valence-corrected chi connectivity index (χ3v) is 3.76. The number of amides is 1. The molecule has 1 aliphatic rings. The molecule has 0 bridgehead atoms. The molecule has 1 amide bonds. The van der Waals surface area contributed by atoms with Gasteiger partial charge in [-0.2, -0.15) is 0 Å². The van der Waals surface area contributed by atoms with Crippen molar-refractivity contribution in [3.8, 4) is 0 Å². The van der Waals surface area contributed by atoms with E-state index in [4.69, 9.17) is 0 Å². The van der Waals surface area contributed by atoms with Crippen molar-refractivity contribution in [2.24, 2.45) is 0 Å². The van der Waals surface area contributed by atoms with Gasteiger partial charge in [0.15, 0.2) is 0 Å². The number of allylic oxidation sites excluding steroid dienone is 1. The highest BCUT2D eigenvalue weighted by atomic mass is 16.2. The lowest BCUT2D eigenvalue weighted by Gasteiger charge is -2.19. The number of benzene rings is 1. The monoisotopic (exact) mass is 285 g/mol. The van der Waals surface area contributed by atoms with E-state index in [1.165, 1.54) is 0 Å². The van der Waals surface area contributed by atoms with Gasteiger partial charge in [0.25, 0.3) is 0 Å². The number of fused-ring (bicyclic) bond motifs is 1. The summed E-state index contributed by atoms with van der Waals surface area (Å²) in [4.78, 5) is 37.8. The maximum absolute atomic E-state index is 12.1. The molecule has 21 heavy (non-hydrogen) atoms. The molecule has 1 aliphatic carbocycles. The summed E-state index contributed by atoms with van der Waals surface area (Å²) in [6.07, 6.45) is 2.30. The van der Waals surface area contributed by atoms with Gasteiger partial charge >= 0.3 is 0 Å². The number of carbonyl (C=O) groups excluding carboxylic acids is 3. The second-order valence-corrected chi connectivity index (χ2v) is 4.98. The van der Waals surface area contributed by atoms with Crippen LogP contribution < -0.4 is 0 Å². The Kier molecular flexibility index (Phi) is 4.68. The highest BCUT2D eigenvalue weighted by Crippen LogP contribution is 2.24. The molecule has 4 heteroatoms. The molecule has 1 aromatic rings. The molecule has 1 aromatic carbocycles. The van der Waals surface area contributed by atoms with Crippen molar-refractivity contribution in [2.75, 3.05) is 13.1 Å². The van der Waals surface area contributed by atoms with Crippen molar-refractivity contribution >= 4 is 23.5 Å². The van der Waals surface area contributed by atoms with Crippen LogP contribution in [0.4, 0.5) is 0 Å². The summed E-state index contributed by atoms with van der Waals surface area (Å²) in [6, 6.07) is 7.04. The summed E-state index contributed by atoms with van der Waals surface area (Å²) in [5.41, 5.74) is 1.63. The van der Waals surface area contributed by atoms with Crippen molar-refractivity contribution in [3.05, 3.63) is 41.0 Å². The van der Waals surface area contributed by atoms with Crippen LogP contribution in [0.2, 0.25) is 0 Å². The third-order valence-electron chi connectivity index (χ3n) is 3.76. The molecule has 0 heterocycles. The first-order chi connectivity index (χ1) is 10.1. The standard InChI is InChI=1S/C17H19NO3/c1-3-18(4-2)15(19)10-9-13-11-12-7-5-6-8-14(12)17(21)16(13)20/h5-8,11H,3-4,9-10H2,1-2H3. The number of carbonyl (C=O) groups is 3. The highest BCUT2D eigenvalue weighted by molar-refractivity contribution is 6.51. The maximum atomic E-state index is 12.1. The molecule has 0 aliphatic heterocycles. The van der Waals surface area contributed by atoms with Crippen LogP contribution in [0.1, 0.15) is 42.6 Å². The van der Waals surface area contributed by atoms with Gasteiger partial charge < -0.3 is 4.90 Å². The number of hydrogen-bond acceptors (Lipinski definition) is 3. The summed E-state index contributed by atoms with van der Waals surface area (Å²) in [5.74, 6) is -0.945. The first kappa shape index (κ1) is 15.2. The van der Waals surface area contributed by atoms with E-state index in [-0.39, 0.29) is 12.3 Å². The molecular weight excluding hydrogens is 266 g/mol. The quantitative estimate of drug-likeness (QED) is 0.781. The molecule has 0 aromatic heterocycles. The van der Waals surface area contributed by atoms with Crippen LogP contribution in [-0.4, -0.2) is 35.5 Å². The molecule has 2 rings (SSSR count). The van der Waals surface area contributed by atoms with Gasteiger partial charge in [-0.3, -0.25) is 14.4 Å². The average molecular weight is 285 g/mol. The van der Waals surface area contributed by atoms with Crippen molar-refractivity contribution in [2.45, 2.75) is 26.7 Å². The topological polar surface area (TPSA) is 54.5 Å². The fourth-order valence-electron chi connectivity index (χ4n) is 2.51. The summed E-state index contributed by atoms with van der Waals surface area (Å²) in [7, 11) is 0. The fourth-order valence-corrected chi connectivity index (χ4v) is 2.51. The third kappa shape index (κ3) is 3.10. The van der Waals surface area contributed by atoms with Crippen LogP contribution in [0.3, 0.4) is 0 Å². The SMILES string of the molecule is CCN(CC)C(=O)CCC1=Cc2ccccc2C(=O)C1=O. The van der Waals surface area contributed by atoms with Gasteiger partial charge in [0, 0.05) is 30.6 Å². The number of rotatable bonds is 5. The zero-order valence-electron chi connectivity index (χ0n) is 12.4. The minimum absolute atomic E-state index is 0.0139. The lowest BCUT2D eigenvalue weighted by molar-refractivity contribution is -0.130. The lowest BCUT2D eigenvalue weighted by atomic mass is 9.88. The van der Waals surface area contributed by atoms with E-state index >= 15 is 0 Å². The summed E-state index contributed by atoms with van der Waals surface area (Å²) in [5, 5.41) is 0. The van der Waals surface area contributed by atoms with Crippen LogP contribution in [0, 0.1) is 0 Å². The van der Waals surface area contributed by atoms with E-state index in [9.17, 15) is 14.4 Å². The number of nitrogens with zero attached hydrogens (tertiary/aromatic N) is 1. The van der Waals surface area contributed by atoms with Gasteiger partial charge in [0.2, 0.25) is 17.5 Å². The lowest BCUT2D eigenvalue weighted by Crippen LogP contribution is -2.31. The van der Waals surface area contributed by atoms with Gasteiger partial charge in [-0.25, -0.2) is 0 Å². The number of ketones is 2. The molecule has 0 fully saturated rings. The summed E-state index contributed by atoms with van der Waals surface area (Å²) in [6.45, 7) is 5.16. The Hall–Kier alpha value is -2.23. The number of hydrogen-bond donors (Lipinski definition) is 0. The Morgan fingerprint density at radius 2 is 1.71 bits per heavy atom. The minimum atomic E-state index is -0.485. The van der Waals surface area contributed by atoms with Crippen molar-refractivity contribution < 1.29 is 14.4 Å². The van der Waals surface area contributed by atoms with Crippen LogP contribution in [0.5, 0.6) is 0 Å². The van der Waals surface area contributed by atoms with Crippen molar-refractivity contribution in [1.29, 1.82) is 0 Å². The van der Waals surface area contributed by atoms with Crippen LogP contribution in [-0.2, 0) is 9.59 Å². The summed E-state index contributed by atoms with van der Waals surface area (Å²) < 4.78 is 0. The van der Waals surface area contributed by atoms with E-state index in [0.717, 1.165) is 5.56 Å². The Labute approximate surface area is 124 Å². The first-order valence-corrected chi connectivity index (χ1v) is 7.24. The smallest absolute Gasteiger partial charge is 0.233 e. The first-order valence-electron chi connectivity index (χ1n) is 7.24. The maximum Gasteiger partial charge on any atom is 0.233 e. The summed E-state index contributed by atoms with van der Waals surface area (Å²) >= 11 is 0. The molecule has 0 radical (unpaired) electrons. The number of Topliss-reactive ketones (excluding diaryl/α,β-unsaturated/α-hetero) is 2. The second kappa shape index (κ2) is 6.48. The largest absolute Gasteiger partial charge is 0.343 e. The normalized spacial score (nSPS) is 13.7. The Bertz CT molecular complexity index is 612. The Morgan fingerprint density at radius 3 is 2.38 bits per heavy atom. The van der Waals surface area contributed by atoms with E-state index < -0.39 is 11.6 Å². The molecule has 0 saturated heterocycles. The predicted molar refractivity (Wildman–Crippen MR) is 80.9 cm³/mol. The van der Waals surface area contributed by atoms with Crippen molar-refractivity contribution in [1.82, 2.24) is 4.90 Å². The molecule has 0 atom stereocenters. The Balaban J connectivity index is 2.14. The van der Waals surface area contributed by atoms with E-state index in [2.05, 4.69) is 0 Å². The molecule has 4 nitrogen and oxygen atoms in total. The molecule has 0 spiro atoms. The van der Waals surface area contributed by atoms with Crippen LogP contribution in [0.15, 0.2) is 29.8 Å². The zero-order chi connectivity index (χ0) is 15.4. The predicted octanol–water partition coefficient (Wildman–Crippen LogP) is 2.48.